The minimum Gasteiger partial charge on any atom is -0.491 e. The average Bonchev–Trinajstić information content (AvgIpc) is 3.16. The van der Waals surface area contributed by atoms with Gasteiger partial charge in [-0.3, -0.25) is 4.79 Å². The van der Waals surface area contributed by atoms with Crippen LogP contribution in [0.3, 0.4) is 0 Å². The average molecular weight is 417 g/mol. The summed E-state index contributed by atoms with van der Waals surface area (Å²) in [7, 11) is -3.75. The fourth-order valence-corrected chi connectivity index (χ4v) is 5.67. The van der Waals surface area contributed by atoms with E-state index in [-0.39, 0.29) is 22.7 Å². The highest BCUT2D eigenvalue weighted by atomic mass is 32.2. The van der Waals surface area contributed by atoms with Gasteiger partial charge in [-0.2, -0.15) is 4.31 Å². The second-order valence-corrected chi connectivity index (χ2v) is 9.13. The number of nitrogens with zero attached hydrogens (tertiary/aromatic N) is 1. The van der Waals surface area contributed by atoms with Crippen LogP contribution in [-0.2, 0) is 19.6 Å². The minimum absolute atomic E-state index is 0.0146. The van der Waals surface area contributed by atoms with E-state index in [1.54, 1.807) is 12.1 Å². The summed E-state index contributed by atoms with van der Waals surface area (Å²) < 4.78 is 38.0. The molecule has 0 aliphatic carbocycles. The summed E-state index contributed by atoms with van der Waals surface area (Å²) in [4.78, 5) is 12.6. The van der Waals surface area contributed by atoms with E-state index in [1.807, 2.05) is 20.8 Å². The first-order chi connectivity index (χ1) is 12.9. The summed E-state index contributed by atoms with van der Waals surface area (Å²) in [5.41, 5.74) is 0. The summed E-state index contributed by atoms with van der Waals surface area (Å²) in [5, 5.41) is 2.88. The maximum atomic E-state index is 13.0. The van der Waals surface area contributed by atoms with Gasteiger partial charge in [0.05, 0.1) is 17.4 Å². The van der Waals surface area contributed by atoms with Crippen LogP contribution < -0.4 is 10.1 Å². The molecule has 1 aliphatic heterocycles. The molecule has 1 N–H and O–H groups in total. The van der Waals surface area contributed by atoms with Gasteiger partial charge in [-0.05, 0) is 44.5 Å². The SMILES string of the molecule is CCOCCOc1ccc(S(=O)(=O)N2CSCC2C(=O)NC(C)CC)cc1. The molecule has 2 rings (SSSR count). The Morgan fingerprint density at radius 3 is 2.63 bits per heavy atom. The Labute approximate surface area is 165 Å². The lowest BCUT2D eigenvalue weighted by Crippen LogP contribution is -2.49. The van der Waals surface area contributed by atoms with E-state index in [2.05, 4.69) is 5.32 Å². The molecule has 1 amide bonds. The second kappa shape index (κ2) is 10.3. The van der Waals surface area contributed by atoms with Crippen molar-refractivity contribution in [3.63, 3.8) is 0 Å². The van der Waals surface area contributed by atoms with Gasteiger partial charge in [0.25, 0.3) is 0 Å². The minimum atomic E-state index is -3.75. The van der Waals surface area contributed by atoms with Gasteiger partial charge in [-0.1, -0.05) is 6.92 Å². The Kier molecular flexibility index (Phi) is 8.40. The summed E-state index contributed by atoms with van der Waals surface area (Å²) in [5.74, 6) is 1.07. The fourth-order valence-electron chi connectivity index (χ4n) is 2.52. The first-order valence-electron chi connectivity index (χ1n) is 9.10. The van der Waals surface area contributed by atoms with Crippen molar-refractivity contribution < 1.29 is 22.7 Å². The third-order valence-corrected chi connectivity index (χ3v) is 7.32. The molecule has 2 atom stereocenters. The molecule has 1 aliphatic rings. The zero-order chi connectivity index (χ0) is 19.9. The highest BCUT2D eigenvalue weighted by molar-refractivity contribution is 8.00. The summed E-state index contributed by atoms with van der Waals surface area (Å²) in [6.45, 7) is 7.30. The largest absolute Gasteiger partial charge is 0.491 e. The molecule has 2 unspecified atom stereocenters. The van der Waals surface area contributed by atoms with Crippen LogP contribution in [-0.4, -0.2) is 62.2 Å². The van der Waals surface area contributed by atoms with Crippen LogP contribution in [0.4, 0.5) is 0 Å². The zero-order valence-corrected chi connectivity index (χ0v) is 17.6. The molecule has 0 radical (unpaired) electrons. The lowest BCUT2D eigenvalue weighted by molar-refractivity contribution is -0.124. The first-order valence-corrected chi connectivity index (χ1v) is 11.7. The summed E-state index contributed by atoms with van der Waals surface area (Å²) in [6, 6.07) is 5.60. The number of nitrogens with one attached hydrogen (secondary N) is 1. The molecule has 1 aromatic rings. The highest BCUT2D eigenvalue weighted by Crippen LogP contribution is 2.29. The first kappa shape index (κ1) is 22.0. The Hall–Kier alpha value is -1.29. The quantitative estimate of drug-likeness (QED) is 0.588. The molecule has 0 aromatic heterocycles. The van der Waals surface area contributed by atoms with E-state index in [9.17, 15) is 13.2 Å². The maximum absolute atomic E-state index is 13.0. The number of sulfonamides is 1. The molecular formula is C18H28N2O5S2. The van der Waals surface area contributed by atoms with Crippen molar-refractivity contribution in [1.29, 1.82) is 0 Å². The maximum Gasteiger partial charge on any atom is 0.244 e. The molecule has 1 saturated heterocycles. The molecule has 152 valence electrons. The van der Waals surface area contributed by atoms with Crippen LogP contribution in [0.25, 0.3) is 0 Å². The van der Waals surface area contributed by atoms with Crippen molar-refractivity contribution in [3.05, 3.63) is 24.3 Å². The van der Waals surface area contributed by atoms with Crippen LogP contribution in [0.15, 0.2) is 29.2 Å². The standard InChI is InChI=1S/C18H28N2O5S2/c1-4-14(3)19-18(21)17-12-26-13-20(17)27(22,23)16-8-6-15(7-9-16)25-11-10-24-5-2/h6-9,14,17H,4-5,10-13H2,1-3H3,(H,19,21). The third-order valence-electron chi connectivity index (χ3n) is 4.28. The highest BCUT2D eigenvalue weighted by Gasteiger charge is 2.40. The van der Waals surface area contributed by atoms with E-state index < -0.39 is 16.1 Å². The predicted molar refractivity (Wildman–Crippen MR) is 106 cm³/mol. The van der Waals surface area contributed by atoms with Gasteiger partial charge in [0.15, 0.2) is 0 Å². The fraction of sp³-hybridized carbons (Fsp3) is 0.611. The molecule has 1 aromatic carbocycles. The molecule has 0 saturated carbocycles. The number of hydrogen-bond donors (Lipinski definition) is 1. The van der Waals surface area contributed by atoms with Gasteiger partial charge in [0.2, 0.25) is 15.9 Å². The summed E-state index contributed by atoms with van der Waals surface area (Å²) >= 11 is 1.44. The molecule has 7 nitrogen and oxygen atoms in total. The van der Waals surface area contributed by atoms with Crippen molar-refractivity contribution in [2.45, 2.75) is 44.2 Å². The van der Waals surface area contributed by atoms with E-state index >= 15 is 0 Å². The van der Waals surface area contributed by atoms with Gasteiger partial charge in [-0.15, -0.1) is 11.8 Å². The molecule has 0 spiro atoms. The molecule has 27 heavy (non-hydrogen) atoms. The van der Waals surface area contributed by atoms with E-state index in [0.29, 0.717) is 31.3 Å². The molecular weight excluding hydrogens is 388 g/mol. The van der Waals surface area contributed by atoms with Gasteiger partial charge < -0.3 is 14.8 Å². The lowest BCUT2D eigenvalue weighted by Gasteiger charge is -2.24. The third kappa shape index (κ3) is 5.84. The Bertz CT molecular complexity index is 709. The predicted octanol–water partition coefficient (Wildman–Crippen LogP) is 2.08. The zero-order valence-electron chi connectivity index (χ0n) is 16.0. The van der Waals surface area contributed by atoms with E-state index in [4.69, 9.17) is 9.47 Å². The topological polar surface area (TPSA) is 84.9 Å². The van der Waals surface area contributed by atoms with Crippen LogP contribution in [0, 0.1) is 0 Å². The number of benzene rings is 1. The van der Waals surface area contributed by atoms with Crippen LogP contribution in [0.2, 0.25) is 0 Å². The summed E-state index contributed by atoms with van der Waals surface area (Å²) in [6.07, 6.45) is 0.795. The van der Waals surface area contributed by atoms with Crippen LogP contribution >= 0.6 is 11.8 Å². The number of carbonyl (C=O) groups excluding carboxylic acids is 1. The monoisotopic (exact) mass is 416 g/mol. The normalized spacial score (nSPS) is 19.0. The lowest BCUT2D eigenvalue weighted by atomic mass is 10.2. The Morgan fingerprint density at radius 2 is 2.00 bits per heavy atom. The van der Waals surface area contributed by atoms with Gasteiger partial charge in [0.1, 0.15) is 18.4 Å². The van der Waals surface area contributed by atoms with Crippen molar-refractivity contribution >= 4 is 27.7 Å². The Balaban J connectivity index is 2.06. The van der Waals surface area contributed by atoms with Crippen molar-refractivity contribution in [1.82, 2.24) is 9.62 Å². The number of hydrogen-bond acceptors (Lipinski definition) is 6. The molecule has 9 heteroatoms. The van der Waals surface area contributed by atoms with Crippen molar-refractivity contribution in [3.8, 4) is 5.75 Å². The number of ether oxygens (including phenoxy) is 2. The second-order valence-electron chi connectivity index (χ2n) is 6.24. The van der Waals surface area contributed by atoms with Gasteiger partial charge in [-0.25, -0.2) is 8.42 Å². The number of rotatable bonds is 10. The molecule has 1 fully saturated rings. The van der Waals surface area contributed by atoms with E-state index in [0.717, 1.165) is 6.42 Å². The molecule has 0 bridgehead atoms. The van der Waals surface area contributed by atoms with Crippen LogP contribution in [0.5, 0.6) is 5.75 Å². The number of carbonyl (C=O) groups is 1. The number of amides is 1. The van der Waals surface area contributed by atoms with Gasteiger partial charge in [0, 0.05) is 18.4 Å². The Morgan fingerprint density at radius 1 is 1.30 bits per heavy atom. The van der Waals surface area contributed by atoms with Crippen molar-refractivity contribution in [2.24, 2.45) is 0 Å². The van der Waals surface area contributed by atoms with Gasteiger partial charge >= 0.3 is 0 Å². The smallest absolute Gasteiger partial charge is 0.244 e. The molecule has 1 heterocycles. The van der Waals surface area contributed by atoms with Crippen LogP contribution in [0.1, 0.15) is 27.2 Å². The van der Waals surface area contributed by atoms with E-state index in [1.165, 1.54) is 28.2 Å². The van der Waals surface area contributed by atoms with Crippen molar-refractivity contribution in [2.75, 3.05) is 31.5 Å². The number of thioether (sulfide) groups is 1.